The first-order valence-electron chi connectivity index (χ1n) is 7.92. The highest BCUT2D eigenvalue weighted by atomic mass is 16.5. The number of hydrogen-bond donors (Lipinski definition) is 2. The van der Waals surface area contributed by atoms with Crippen molar-refractivity contribution in [1.29, 1.82) is 0 Å². The average Bonchev–Trinajstić information content (AvgIpc) is 3.07. The van der Waals surface area contributed by atoms with Crippen LogP contribution in [-0.2, 0) is 17.6 Å². The number of carbonyl (C=O) groups is 1. The van der Waals surface area contributed by atoms with Gasteiger partial charge in [-0.15, -0.1) is 0 Å². The maximum Gasteiger partial charge on any atom is 0.226 e. The van der Waals surface area contributed by atoms with Crippen LogP contribution in [0.2, 0.25) is 0 Å². The minimum Gasteiger partial charge on any atom is -0.388 e. The highest BCUT2D eigenvalue weighted by molar-refractivity contribution is 5.75. The van der Waals surface area contributed by atoms with E-state index in [-0.39, 0.29) is 5.91 Å². The van der Waals surface area contributed by atoms with E-state index < -0.39 is 5.60 Å². The molecule has 1 heterocycles. The Kier molecular flexibility index (Phi) is 5.73. The molecule has 0 atom stereocenters. The molecule has 6 nitrogen and oxygen atoms in total. The van der Waals surface area contributed by atoms with Crippen molar-refractivity contribution in [3.8, 4) is 0 Å². The predicted molar refractivity (Wildman–Crippen MR) is 77.7 cm³/mol. The van der Waals surface area contributed by atoms with Crippen molar-refractivity contribution in [2.75, 3.05) is 6.54 Å². The Bertz CT molecular complexity index is 453. The number of aryl methyl sites for hydroxylation is 2. The Morgan fingerprint density at radius 2 is 2.14 bits per heavy atom. The van der Waals surface area contributed by atoms with E-state index in [1.165, 1.54) is 0 Å². The van der Waals surface area contributed by atoms with Gasteiger partial charge in [0, 0.05) is 25.8 Å². The van der Waals surface area contributed by atoms with Crippen LogP contribution in [0.5, 0.6) is 0 Å². The molecule has 0 spiro atoms. The molecule has 1 aromatic heterocycles. The van der Waals surface area contributed by atoms with Crippen molar-refractivity contribution >= 4 is 5.91 Å². The first-order chi connectivity index (χ1) is 10.1. The molecular weight excluding hydrogens is 270 g/mol. The molecule has 2 N–H and O–H groups in total. The van der Waals surface area contributed by atoms with Gasteiger partial charge in [-0.2, -0.15) is 4.98 Å². The smallest absolute Gasteiger partial charge is 0.226 e. The Morgan fingerprint density at radius 3 is 2.86 bits per heavy atom. The number of amides is 1. The number of aromatic nitrogens is 2. The maximum atomic E-state index is 11.8. The molecule has 2 rings (SSSR count). The standard InChI is InChI=1S/C15H25N3O3/c1-2-6-12-17-14(21-18-12)8-5-7-13(19)16-11-15(20)9-3-4-10-15/h20H,2-11H2,1H3,(H,16,19). The van der Waals surface area contributed by atoms with Crippen LogP contribution in [0.25, 0.3) is 0 Å². The highest BCUT2D eigenvalue weighted by Crippen LogP contribution is 2.28. The molecule has 0 aromatic carbocycles. The molecule has 118 valence electrons. The number of hydrogen-bond acceptors (Lipinski definition) is 5. The largest absolute Gasteiger partial charge is 0.388 e. The van der Waals surface area contributed by atoms with Gasteiger partial charge in [0.05, 0.1) is 5.60 Å². The van der Waals surface area contributed by atoms with Crippen molar-refractivity contribution in [2.24, 2.45) is 0 Å². The number of nitrogens with one attached hydrogen (secondary N) is 1. The summed E-state index contributed by atoms with van der Waals surface area (Å²) in [5, 5.41) is 16.9. The van der Waals surface area contributed by atoms with E-state index in [0.717, 1.165) is 44.3 Å². The quantitative estimate of drug-likeness (QED) is 0.763. The van der Waals surface area contributed by atoms with E-state index in [1.54, 1.807) is 0 Å². The van der Waals surface area contributed by atoms with Crippen LogP contribution in [-0.4, -0.2) is 33.3 Å². The van der Waals surface area contributed by atoms with E-state index in [4.69, 9.17) is 4.52 Å². The predicted octanol–water partition coefficient (Wildman–Crippen LogP) is 1.77. The van der Waals surface area contributed by atoms with E-state index in [0.29, 0.717) is 31.7 Å². The lowest BCUT2D eigenvalue weighted by molar-refractivity contribution is -0.122. The first-order valence-corrected chi connectivity index (χ1v) is 7.92. The molecule has 1 amide bonds. The molecule has 0 bridgehead atoms. The van der Waals surface area contributed by atoms with Gasteiger partial charge in [-0.1, -0.05) is 24.9 Å². The highest BCUT2D eigenvalue weighted by Gasteiger charge is 2.31. The van der Waals surface area contributed by atoms with Gasteiger partial charge in [0.15, 0.2) is 5.82 Å². The molecule has 21 heavy (non-hydrogen) atoms. The summed E-state index contributed by atoms with van der Waals surface area (Å²) in [6.07, 6.45) is 7.19. The molecule has 0 aliphatic heterocycles. The van der Waals surface area contributed by atoms with Gasteiger partial charge in [0.25, 0.3) is 0 Å². The number of rotatable bonds is 8. The molecule has 0 saturated heterocycles. The molecule has 0 unspecified atom stereocenters. The van der Waals surface area contributed by atoms with Crippen LogP contribution < -0.4 is 5.32 Å². The number of aliphatic hydroxyl groups is 1. The van der Waals surface area contributed by atoms with Gasteiger partial charge < -0.3 is 14.9 Å². The summed E-state index contributed by atoms with van der Waals surface area (Å²) >= 11 is 0. The summed E-state index contributed by atoms with van der Waals surface area (Å²) in [5.74, 6) is 1.31. The normalized spacial score (nSPS) is 17.0. The Balaban J connectivity index is 1.62. The third-order valence-electron chi connectivity index (χ3n) is 3.93. The summed E-state index contributed by atoms with van der Waals surface area (Å²) in [5.41, 5.74) is -0.683. The first kappa shape index (κ1) is 15.9. The van der Waals surface area contributed by atoms with Crippen LogP contribution in [0.15, 0.2) is 4.52 Å². The second kappa shape index (κ2) is 7.54. The van der Waals surface area contributed by atoms with Crippen molar-refractivity contribution in [3.63, 3.8) is 0 Å². The SMILES string of the molecule is CCCc1noc(CCCC(=O)NCC2(O)CCCC2)n1. The topological polar surface area (TPSA) is 88.2 Å². The maximum absolute atomic E-state index is 11.8. The molecule has 1 saturated carbocycles. The van der Waals surface area contributed by atoms with Crippen molar-refractivity contribution in [3.05, 3.63) is 11.7 Å². The minimum atomic E-state index is -0.683. The zero-order chi connectivity index (χ0) is 15.1. The average molecular weight is 295 g/mol. The summed E-state index contributed by atoms with van der Waals surface area (Å²) < 4.78 is 5.12. The fourth-order valence-corrected chi connectivity index (χ4v) is 2.68. The van der Waals surface area contributed by atoms with E-state index in [9.17, 15) is 9.90 Å². The zero-order valence-corrected chi connectivity index (χ0v) is 12.7. The van der Waals surface area contributed by atoms with Gasteiger partial charge >= 0.3 is 0 Å². The zero-order valence-electron chi connectivity index (χ0n) is 12.7. The number of nitrogens with zero attached hydrogens (tertiary/aromatic N) is 2. The third-order valence-corrected chi connectivity index (χ3v) is 3.93. The van der Waals surface area contributed by atoms with Gasteiger partial charge in [-0.3, -0.25) is 4.79 Å². The van der Waals surface area contributed by atoms with Gasteiger partial charge in [0.1, 0.15) is 0 Å². The molecule has 1 fully saturated rings. The van der Waals surface area contributed by atoms with Crippen LogP contribution in [0, 0.1) is 0 Å². The Morgan fingerprint density at radius 1 is 1.38 bits per heavy atom. The third kappa shape index (κ3) is 5.12. The lowest BCUT2D eigenvalue weighted by Gasteiger charge is -2.22. The fraction of sp³-hybridized carbons (Fsp3) is 0.800. The monoisotopic (exact) mass is 295 g/mol. The van der Waals surface area contributed by atoms with Crippen LogP contribution >= 0.6 is 0 Å². The van der Waals surface area contributed by atoms with Gasteiger partial charge in [-0.05, 0) is 25.7 Å². The molecule has 1 aliphatic rings. The van der Waals surface area contributed by atoms with E-state index in [2.05, 4.69) is 22.4 Å². The van der Waals surface area contributed by atoms with Crippen LogP contribution in [0.3, 0.4) is 0 Å². The lowest BCUT2D eigenvalue weighted by atomic mass is 10.0. The van der Waals surface area contributed by atoms with E-state index >= 15 is 0 Å². The van der Waals surface area contributed by atoms with Crippen LogP contribution in [0.1, 0.15) is 63.6 Å². The Labute approximate surface area is 125 Å². The summed E-state index contributed by atoms with van der Waals surface area (Å²) in [7, 11) is 0. The van der Waals surface area contributed by atoms with Crippen molar-refractivity contribution in [1.82, 2.24) is 15.5 Å². The van der Waals surface area contributed by atoms with E-state index in [1.807, 2.05) is 0 Å². The molecular formula is C15H25N3O3. The summed E-state index contributed by atoms with van der Waals surface area (Å²) in [6, 6.07) is 0. The summed E-state index contributed by atoms with van der Waals surface area (Å²) in [4.78, 5) is 16.0. The summed E-state index contributed by atoms with van der Waals surface area (Å²) in [6.45, 7) is 2.44. The lowest BCUT2D eigenvalue weighted by Crippen LogP contribution is -2.40. The van der Waals surface area contributed by atoms with Gasteiger partial charge in [0.2, 0.25) is 11.8 Å². The van der Waals surface area contributed by atoms with Gasteiger partial charge in [-0.25, -0.2) is 0 Å². The molecule has 1 aliphatic carbocycles. The van der Waals surface area contributed by atoms with Crippen molar-refractivity contribution in [2.45, 2.75) is 70.3 Å². The second-order valence-corrected chi connectivity index (χ2v) is 5.92. The fourth-order valence-electron chi connectivity index (χ4n) is 2.68. The number of carbonyl (C=O) groups excluding carboxylic acids is 1. The van der Waals surface area contributed by atoms with Crippen molar-refractivity contribution < 1.29 is 14.4 Å². The second-order valence-electron chi connectivity index (χ2n) is 5.92. The molecule has 0 radical (unpaired) electrons. The molecule has 6 heteroatoms. The van der Waals surface area contributed by atoms with Crippen LogP contribution in [0.4, 0.5) is 0 Å². The Hall–Kier alpha value is -1.43. The minimum absolute atomic E-state index is 0.0244. The molecule has 1 aromatic rings.